The number of pyridine rings is 1. The summed E-state index contributed by atoms with van der Waals surface area (Å²) in [6, 6.07) is 18.7. The van der Waals surface area contributed by atoms with Crippen LogP contribution in [-0.2, 0) is 23.1 Å². The van der Waals surface area contributed by atoms with Gasteiger partial charge in [-0.1, -0.05) is 36.4 Å². The molecule has 0 aliphatic carbocycles. The summed E-state index contributed by atoms with van der Waals surface area (Å²) in [6.45, 7) is 0.264. The van der Waals surface area contributed by atoms with E-state index in [9.17, 15) is 8.42 Å². The zero-order valence-corrected chi connectivity index (χ0v) is 16.5. The Bertz CT molecular complexity index is 1100. The fraction of sp³-hybridized carbons (Fsp3) is 0.100. The standard InChI is InChI=1S/C20H22N6O2S/c21-17-4-3-6-19(12-17)29(27,28)26(14-18-5-1-2-11-24-18)13-15-7-9-16(10-8-15)20(22)25-23/h1-12H,13-14,21,23H2,(H2,22,25). The number of hydrazone groups is 1. The Morgan fingerprint density at radius 1 is 1.00 bits per heavy atom. The predicted molar refractivity (Wildman–Crippen MR) is 113 cm³/mol. The van der Waals surface area contributed by atoms with Crippen molar-refractivity contribution < 1.29 is 8.42 Å². The summed E-state index contributed by atoms with van der Waals surface area (Å²) >= 11 is 0. The molecule has 3 aromatic rings. The van der Waals surface area contributed by atoms with Gasteiger partial charge in [0.2, 0.25) is 10.0 Å². The van der Waals surface area contributed by atoms with Crippen LogP contribution in [0.3, 0.4) is 0 Å². The van der Waals surface area contributed by atoms with Gasteiger partial charge >= 0.3 is 0 Å². The molecule has 0 saturated carbocycles. The molecule has 0 fully saturated rings. The molecule has 0 radical (unpaired) electrons. The van der Waals surface area contributed by atoms with E-state index in [0.29, 0.717) is 16.9 Å². The molecule has 1 heterocycles. The second kappa shape index (κ2) is 8.72. The first-order valence-corrected chi connectivity index (χ1v) is 10.2. The summed E-state index contributed by atoms with van der Waals surface area (Å²) in [7, 11) is -3.81. The van der Waals surface area contributed by atoms with Crippen molar-refractivity contribution in [1.82, 2.24) is 9.29 Å². The maximum absolute atomic E-state index is 13.3. The summed E-state index contributed by atoms with van der Waals surface area (Å²) in [6.07, 6.45) is 1.63. The molecule has 0 aliphatic rings. The number of benzene rings is 2. The van der Waals surface area contributed by atoms with Gasteiger partial charge in [-0.05, 0) is 35.9 Å². The van der Waals surface area contributed by atoms with Crippen LogP contribution in [0.5, 0.6) is 0 Å². The lowest BCUT2D eigenvalue weighted by atomic mass is 10.1. The number of aromatic nitrogens is 1. The predicted octanol–water partition coefficient (Wildman–Crippen LogP) is 1.63. The number of anilines is 1. The normalized spacial score (nSPS) is 12.2. The van der Waals surface area contributed by atoms with E-state index in [4.69, 9.17) is 17.3 Å². The molecule has 0 amide bonds. The summed E-state index contributed by atoms with van der Waals surface area (Å²) < 4.78 is 28.0. The molecule has 9 heteroatoms. The van der Waals surface area contributed by atoms with Crippen LogP contribution in [0.2, 0.25) is 0 Å². The summed E-state index contributed by atoms with van der Waals surface area (Å²) in [5, 5.41) is 3.46. The maximum Gasteiger partial charge on any atom is 0.243 e. The van der Waals surface area contributed by atoms with E-state index in [1.807, 2.05) is 6.07 Å². The SMILES string of the molecule is N/N=C(\N)c1ccc(CN(Cc2ccccn2)S(=O)(=O)c2cccc(N)c2)cc1. The highest BCUT2D eigenvalue weighted by Crippen LogP contribution is 2.22. The van der Waals surface area contributed by atoms with Gasteiger partial charge in [0.1, 0.15) is 5.84 Å². The van der Waals surface area contributed by atoms with Crippen molar-refractivity contribution in [3.8, 4) is 0 Å². The molecule has 0 aliphatic heterocycles. The van der Waals surface area contributed by atoms with Crippen molar-refractivity contribution in [2.75, 3.05) is 5.73 Å². The molecule has 0 saturated heterocycles. The highest BCUT2D eigenvalue weighted by Gasteiger charge is 2.25. The van der Waals surface area contributed by atoms with Crippen LogP contribution in [0.4, 0.5) is 5.69 Å². The van der Waals surface area contributed by atoms with E-state index in [-0.39, 0.29) is 23.8 Å². The van der Waals surface area contributed by atoms with Crippen molar-refractivity contribution in [3.63, 3.8) is 0 Å². The van der Waals surface area contributed by atoms with Crippen LogP contribution in [-0.4, -0.2) is 23.5 Å². The third kappa shape index (κ3) is 4.89. The van der Waals surface area contributed by atoms with Gasteiger partial charge in [0.25, 0.3) is 0 Å². The molecule has 1 aromatic heterocycles. The molecule has 0 atom stereocenters. The largest absolute Gasteiger partial charge is 0.399 e. The van der Waals surface area contributed by atoms with Crippen LogP contribution in [0, 0.1) is 0 Å². The molecular formula is C20H22N6O2S. The highest BCUT2D eigenvalue weighted by molar-refractivity contribution is 7.89. The molecule has 0 bridgehead atoms. The van der Waals surface area contributed by atoms with E-state index < -0.39 is 10.0 Å². The summed E-state index contributed by atoms with van der Waals surface area (Å²) in [5.41, 5.74) is 13.9. The number of amidine groups is 1. The zero-order chi connectivity index (χ0) is 20.9. The van der Waals surface area contributed by atoms with Crippen LogP contribution in [0.25, 0.3) is 0 Å². The minimum absolute atomic E-state index is 0.117. The number of rotatable bonds is 7. The lowest BCUT2D eigenvalue weighted by molar-refractivity contribution is 0.397. The Labute approximate surface area is 169 Å². The second-order valence-electron chi connectivity index (χ2n) is 6.38. The van der Waals surface area contributed by atoms with Crippen molar-refractivity contribution >= 4 is 21.5 Å². The Morgan fingerprint density at radius 3 is 2.38 bits per heavy atom. The molecule has 29 heavy (non-hydrogen) atoms. The summed E-state index contributed by atoms with van der Waals surface area (Å²) in [5.74, 6) is 5.40. The number of sulfonamides is 1. The first-order chi connectivity index (χ1) is 13.9. The average Bonchev–Trinajstić information content (AvgIpc) is 2.74. The van der Waals surface area contributed by atoms with Crippen LogP contribution < -0.4 is 17.3 Å². The average molecular weight is 411 g/mol. The van der Waals surface area contributed by atoms with Crippen molar-refractivity contribution in [3.05, 3.63) is 89.7 Å². The van der Waals surface area contributed by atoms with Gasteiger partial charge in [-0.3, -0.25) is 4.98 Å². The molecule has 2 aromatic carbocycles. The highest BCUT2D eigenvalue weighted by atomic mass is 32.2. The monoisotopic (exact) mass is 410 g/mol. The maximum atomic E-state index is 13.3. The number of nitrogens with two attached hydrogens (primary N) is 3. The van der Waals surface area contributed by atoms with E-state index >= 15 is 0 Å². The number of hydrogen-bond acceptors (Lipinski definition) is 6. The van der Waals surface area contributed by atoms with E-state index in [1.54, 1.807) is 54.7 Å². The minimum atomic E-state index is -3.81. The van der Waals surface area contributed by atoms with E-state index in [0.717, 1.165) is 5.56 Å². The fourth-order valence-corrected chi connectivity index (χ4v) is 4.24. The van der Waals surface area contributed by atoms with Crippen LogP contribution in [0.15, 0.2) is 82.9 Å². The molecule has 3 rings (SSSR count). The molecule has 8 nitrogen and oxygen atoms in total. The first-order valence-electron chi connectivity index (χ1n) is 8.78. The van der Waals surface area contributed by atoms with Gasteiger partial charge in [0, 0.05) is 24.0 Å². The quantitative estimate of drug-likeness (QED) is 0.178. The van der Waals surface area contributed by atoms with Crippen LogP contribution >= 0.6 is 0 Å². The molecule has 150 valence electrons. The van der Waals surface area contributed by atoms with Gasteiger partial charge in [-0.25, -0.2) is 8.42 Å². The third-order valence-electron chi connectivity index (χ3n) is 4.31. The number of nitrogens with zero attached hydrogens (tertiary/aromatic N) is 3. The van der Waals surface area contributed by atoms with E-state index in [2.05, 4.69) is 10.1 Å². The fourth-order valence-electron chi connectivity index (χ4n) is 2.78. The second-order valence-corrected chi connectivity index (χ2v) is 8.32. The zero-order valence-electron chi connectivity index (χ0n) is 15.6. The third-order valence-corrected chi connectivity index (χ3v) is 6.10. The Hall–Kier alpha value is -3.43. The number of nitrogen functional groups attached to an aromatic ring is 1. The number of hydrogen-bond donors (Lipinski definition) is 3. The van der Waals surface area contributed by atoms with Gasteiger partial charge in [-0.2, -0.15) is 9.41 Å². The van der Waals surface area contributed by atoms with Crippen LogP contribution in [0.1, 0.15) is 16.8 Å². The Kier molecular flexibility index (Phi) is 6.10. The first kappa shape index (κ1) is 20.3. The molecule has 0 spiro atoms. The van der Waals surface area contributed by atoms with Crippen molar-refractivity contribution in [2.24, 2.45) is 16.7 Å². The Balaban J connectivity index is 1.95. The van der Waals surface area contributed by atoms with Gasteiger partial charge in [0.15, 0.2) is 0 Å². The topological polar surface area (TPSA) is 141 Å². The lowest BCUT2D eigenvalue weighted by Gasteiger charge is -2.22. The molecule has 0 unspecified atom stereocenters. The Morgan fingerprint density at radius 2 is 1.76 bits per heavy atom. The van der Waals surface area contributed by atoms with Gasteiger partial charge < -0.3 is 17.3 Å². The summed E-state index contributed by atoms with van der Waals surface area (Å²) in [4.78, 5) is 4.39. The smallest absolute Gasteiger partial charge is 0.243 e. The molecule has 6 N–H and O–H groups in total. The van der Waals surface area contributed by atoms with E-state index in [1.165, 1.54) is 16.4 Å². The molecular weight excluding hydrogens is 388 g/mol. The van der Waals surface area contributed by atoms with Gasteiger partial charge in [0.05, 0.1) is 17.1 Å². The lowest BCUT2D eigenvalue weighted by Crippen LogP contribution is -2.30. The van der Waals surface area contributed by atoms with Crippen molar-refractivity contribution in [2.45, 2.75) is 18.0 Å². The van der Waals surface area contributed by atoms with Crippen molar-refractivity contribution in [1.29, 1.82) is 0 Å². The minimum Gasteiger partial charge on any atom is -0.399 e. The van der Waals surface area contributed by atoms with Gasteiger partial charge in [-0.15, -0.1) is 0 Å².